The van der Waals surface area contributed by atoms with E-state index in [1.165, 1.54) is 12.1 Å². The monoisotopic (exact) mass is 356 g/mol. The molecule has 21 heavy (non-hydrogen) atoms. The average molecular weight is 357 g/mol. The van der Waals surface area contributed by atoms with Gasteiger partial charge in [-0.3, -0.25) is 10.1 Å². The summed E-state index contributed by atoms with van der Waals surface area (Å²) in [5.41, 5.74) is 0.519. The number of nitrogens with zero attached hydrogens (tertiary/aromatic N) is 2. The van der Waals surface area contributed by atoms with Gasteiger partial charge in [0, 0.05) is 35.6 Å². The van der Waals surface area contributed by atoms with Crippen LogP contribution in [0.3, 0.4) is 0 Å². The van der Waals surface area contributed by atoms with Crippen LogP contribution in [0.4, 0.5) is 10.5 Å². The number of nitro benzene ring substituents is 1. The minimum atomic E-state index is -0.504. The molecule has 0 radical (unpaired) electrons. The first-order chi connectivity index (χ1) is 9.67. The second-order valence-corrected chi connectivity index (χ2v) is 6.90. The number of carbonyl (C=O) groups excluding carboxylic acids is 1. The molecule has 1 saturated heterocycles. The molecule has 6 nitrogen and oxygen atoms in total. The molecule has 114 valence electrons. The van der Waals surface area contributed by atoms with Crippen molar-refractivity contribution < 1.29 is 14.5 Å². The Morgan fingerprint density at radius 3 is 2.52 bits per heavy atom. The van der Waals surface area contributed by atoms with Gasteiger partial charge in [0.15, 0.2) is 0 Å². The predicted molar refractivity (Wildman–Crippen MR) is 81.3 cm³/mol. The zero-order valence-electron chi connectivity index (χ0n) is 12.1. The summed E-state index contributed by atoms with van der Waals surface area (Å²) in [6.45, 7) is 6.61. The lowest BCUT2D eigenvalue weighted by molar-refractivity contribution is -0.384. The molecule has 0 atom stereocenters. The average Bonchev–Trinajstić information content (AvgIpc) is 2.26. The van der Waals surface area contributed by atoms with E-state index >= 15 is 0 Å². The first-order valence-corrected chi connectivity index (χ1v) is 7.38. The van der Waals surface area contributed by atoms with Crippen molar-refractivity contribution in [3.8, 4) is 0 Å². The zero-order valence-corrected chi connectivity index (χ0v) is 13.7. The van der Waals surface area contributed by atoms with Crippen LogP contribution in [0.15, 0.2) is 22.7 Å². The highest BCUT2D eigenvalue weighted by molar-refractivity contribution is 9.10. The van der Waals surface area contributed by atoms with Crippen molar-refractivity contribution in [1.82, 2.24) is 4.90 Å². The number of rotatable bonds is 2. The molecule has 1 aromatic carbocycles. The van der Waals surface area contributed by atoms with Gasteiger partial charge in [-0.2, -0.15) is 0 Å². The Bertz CT molecular complexity index is 577. The van der Waals surface area contributed by atoms with Crippen molar-refractivity contribution in [3.05, 3.63) is 38.3 Å². The maximum Gasteiger partial charge on any atom is 0.410 e. The summed E-state index contributed by atoms with van der Waals surface area (Å²) in [6, 6.07) is 4.71. The molecule has 1 amide bonds. The molecule has 1 heterocycles. The summed E-state index contributed by atoms with van der Waals surface area (Å²) in [5, 5.41) is 10.7. The van der Waals surface area contributed by atoms with E-state index in [0.717, 1.165) is 5.56 Å². The third kappa shape index (κ3) is 3.72. The fourth-order valence-corrected chi connectivity index (χ4v) is 2.80. The van der Waals surface area contributed by atoms with E-state index in [-0.39, 0.29) is 17.7 Å². The first-order valence-electron chi connectivity index (χ1n) is 6.59. The summed E-state index contributed by atoms with van der Waals surface area (Å²) < 4.78 is 5.99. The Morgan fingerprint density at radius 1 is 1.43 bits per heavy atom. The lowest BCUT2D eigenvalue weighted by Crippen LogP contribution is -2.50. The molecule has 0 unspecified atom stereocenters. The van der Waals surface area contributed by atoms with Gasteiger partial charge < -0.3 is 9.64 Å². The number of ether oxygens (including phenoxy) is 1. The van der Waals surface area contributed by atoms with Gasteiger partial charge in [0.2, 0.25) is 0 Å². The summed E-state index contributed by atoms with van der Waals surface area (Å²) in [4.78, 5) is 23.8. The van der Waals surface area contributed by atoms with Gasteiger partial charge in [-0.15, -0.1) is 0 Å². The summed E-state index contributed by atoms with van der Waals surface area (Å²) in [7, 11) is 0. The predicted octanol–water partition coefficient (Wildman–Crippen LogP) is 3.69. The molecule has 0 spiro atoms. The largest absolute Gasteiger partial charge is 0.444 e. The molecule has 0 N–H and O–H groups in total. The highest BCUT2D eigenvalue weighted by Crippen LogP contribution is 2.34. The molecule has 0 saturated carbocycles. The van der Waals surface area contributed by atoms with Gasteiger partial charge in [-0.25, -0.2) is 4.79 Å². The molecule has 7 heteroatoms. The number of halogens is 1. The van der Waals surface area contributed by atoms with Crippen LogP contribution in [0.25, 0.3) is 0 Å². The maximum atomic E-state index is 11.8. The van der Waals surface area contributed by atoms with Gasteiger partial charge in [-0.1, -0.05) is 22.0 Å². The Labute approximate surface area is 131 Å². The van der Waals surface area contributed by atoms with Crippen LogP contribution < -0.4 is 0 Å². The van der Waals surface area contributed by atoms with E-state index < -0.39 is 10.5 Å². The lowest BCUT2D eigenvalue weighted by atomic mass is 9.92. The highest BCUT2D eigenvalue weighted by Gasteiger charge is 2.35. The number of nitro groups is 1. The number of likely N-dealkylation sites (tertiary alicyclic amines) is 1. The third-order valence-corrected chi connectivity index (χ3v) is 3.85. The third-order valence-electron chi connectivity index (χ3n) is 3.17. The quantitative estimate of drug-likeness (QED) is 0.598. The van der Waals surface area contributed by atoms with Crippen molar-refractivity contribution >= 4 is 27.7 Å². The van der Waals surface area contributed by atoms with E-state index in [1.54, 1.807) is 11.0 Å². The number of amides is 1. The number of carbonyl (C=O) groups is 1. The van der Waals surface area contributed by atoms with Crippen LogP contribution in [0.1, 0.15) is 32.3 Å². The fraction of sp³-hybridized carbons (Fsp3) is 0.500. The zero-order chi connectivity index (χ0) is 15.8. The Kier molecular flexibility index (Phi) is 4.22. The lowest BCUT2D eigenvalue weighted by Gasteiger charge is -2.40. The SMILES string of the molecule is CC(C)(C)OC(=O)N1CC(c2ccc([N+](=O)[O-])cc2Br)C1. The van der Waals surface area contributed by atoms with Crippen molar-refractivity contribution in [3.63, 3.8) is 0 Å². The highest BCUT2D eigenvalue weighted by atomic mass is 79.9. The van der Waals surface area contributed by atoms with E-state index in [1.807, 2.05) is 20.8 Å². The van der Waals surface area contributed by atoms with Crippen LogP contribution in [0.2, 0.25) is 0 Å². The van der Waals surface area contributed by atoms with Gasteiger partial charge in [0.1, 0.15) is 5.60 Å². The van der Waals surface area contributed by atoms with E-state index in [0.29, 0.717) is 17.6 Å². The normalized spacial score (nSPS) is 15.5. The van der Waals surface area contributed by atoms with Crippen molar-refractivity contribution in [2.45, 2.75) is 32.3 Å². The van der Waals surface area contributed by atoms with Gasteiger partial charge in [0.05, 0.1) is 4.92 Å². The topological polar surface area (TPSA) is 72.7 Å². The van der Waals surface area contributed by atoms with E-state index in [4.69, 9.17) is 4.74 Å². The number of benzene rings is 1. The molecule has 2 rings (SSSR count). The first kappa shape index (κ1) is 15.8. The van der Waals surface area contributed by atoms with Gasteiger partial charge in [-0.05, 0) is 26.3 Å². The van der Waals surface area contributed by atoms with Crippen molar-refractivity contribution in [2.24, 2.45) is 0 Å². The molecular formula is C14H17BrN2O4. The van der Waals surface area contributed by atoms with E-state index in [2.05, 4.69) is 15.9 Å². The number of hydrogen-bond acceptors (Lipinski definition) is 4. The van der Waals surface area contributed by atoms with Crippen LogP contribution in [-0.2, 0) is 4.74 Å². The van der Waals surface area contributed by atoms with Crippen LogP contribution >= 0.6 is 15.9 Å². The Balaban J connectivity index is 1.99. The second kappa shape index (κ2) is 5.63. The van der Waals surface area contributed by atoms with Gasteiger partial charge >= 0.3 is 6.09 Å². The molecular weight excluding hydrogens is 340 g/mol. The summed E-state index contributed by atoms with van der Waals surface area (Å²) in [6.07, 6.45) is -0.322. The Morgan fingerprint density at radius 2 is 2.05 bits per heavy atom. The molecule has 0 bridgehead atoms. The van der Waals surface area contributed by atoms with Crippen molar-refractivity contribution in [1.29, 1.82) is 0 Å². The molecule has 1 aromatic rings. The van der Waals surface area contributed by atoms with Crippen molar-refractivity contribution in [2.75, 3.05) is 13.1 Å². The smallest absolute Gasteiger partial charge is 0.410 e. The second-order valence-electron chi connectivity index (χ2n) is 6.05. The molecule has 0 aliphatic carbocycles. The fourth-order valence-electron chi connectivity index (χ4n) is 2.11. The summed E-state index contributed by atoms with van der Waals surface area (Å²) >= 11 is 3.36. The molecule has 1 aliphatic rings. The number of non-ortho nitro benzene ring substituents is 1. The molecule has 0 aromatic heterocycles. The van der Waals surface area contributed by atoms with Crippen LogP contribution in [0.5, 0.6) is 0 Å². The maximum absolute atomic E-state index is 11.8. The minimum absolute atomic E-state index is 0.0500. The Hall–Kier alpha value is -1.63. The number of hydrogen-bond donors (Lipinski definition) is 0. The molecule has 1 aliphatic heterocycles. The standard InChI is InChI=1S/C14H17BrN2O4/c1-14(2,3)21-13(18)16-7-9(8-16)11-5-4-10(17(19)20)6-12(11)15/h4-6,9H,7-8H2,1-3H3. The molecule has 1 fully saturated rings. The van der Waals surface area contributed by atoms with E-state index in [9.17, 15) is 14.9 Å². The minimum Gasteiger partial charge on any atom is -0.444 e. The van der Waals surface area contributed by atoms with Gasteiger partial charge in [0.25, 0.3) is 5.69 Å². The summed E-state index contributed by atoms with van der Waals surface area (Å²) in [5.74, 6) is 0.174. The van der Waals surface area contributed by atoms with Crippen LogP contribution in [-0.4, -0.2) is 34.6 Å². The van der Waals surface area contributed by atoms with Crippen LogP contribution in [0, 0.1) is 10.1 Å².